The summed E-state index contributed by atoms with van der Waals surface area (Å²) in [5.41, 5.74) is 2.74. The van der Waals surface area contributed by atoms with Crippen molar-refractivity contribution in [3.05, 3.63) is 63.6 Å². The summed E-state index contributed by atoms with van der Waals surface area (Å²) in [7, 11) is 0. The van der Waals surface area contributed by atoms with E-state index >= 15 is 0 Å². The summed E-state index contributed by atoms with van der Waals surface area (Å²) in [4.78, 5) is 17.7. The van der Waals surface area contributed by atoms with Crippen molar-refractivity contribution in [3.8, 4) is 6.07 Å². The number of amides is 2. The number of hydrogen-bond acceptors (Lipinski definition) is 4. The van der Waals surface area contributed by atoms with Crippen LogP contribution in [0.15, 0.2) is 42.5 Å². The van der Waals surface area contributed by atoms with E-state index in [1.807, 2.05) is 23.1 Å². The third kappa shape index (κ3) is 5.15. The van der Waals surface area contributed by atoms with E-state index in [2.05, 4.69) is 22.4 Å². The lowest BCUT2D eigenvalue weighted by molar-refractivity contribution is 0.142. The first-order valence-electron chi connectivity index (χ1n) is 12.3. The minimum atomic E-state index is -0.278. The lowest BCUT2D eigenvalue weighted by atomic mass is 9.80. The average molecular weight is 513 g/mol. The topological polar surface area (TPSA) is 79.6 Å². The molecule has 2 aliphatic carbocycles. The second-order valence-electron chi connectivity index (χ2n) is 10.2. The van der Waals surface area contributed by atoms with Crippen LogP contribution in [0.3, 0.4) is 0 Å². The number of urea groups is 1. The molecular weight excluding hydrogens is 483 g/mol. The Balaban J connectivity index is 1.29. The van der Waals surface area contributed by atoms with E-state index in [-0.39, 0.29) is 23.6 Å². The molecule has 1 saturated heterocycles. The number of halogens is 2. The number of hydrogen-bond donors (Lipinski definition) is 2. The Morgan fingerprint density at radius 1 is 1.23 bits per heavy atom. The Kier molecular flexibility index (Phi) is 6.96. The van der Waals surface area contributed by atoms with Crippen molar-refractivity contribution in [1.29, 1.82) is 5.26 Å². The monoisotopic (exact) mass is 512 g/mol. The quantitative estimate of drug-likeness (QED) is 0.551. The van der Waals surface area contributed by atoms with Crippen LogP contribution in [-0.2, 0) is 5.41 Å². The highest BCUT2D eigenvalue weighted by atomic mass is 35.5. The van der Waals surface area contributed by atoms with Crippen molar-refractivity contribution >= 4 is 34.9 Å². The predicted octanol–water partition coefficient (Wildman–Crippen LogP) is 5.28. The van der Waals surface area contributed by atoms with Gasteiger partial charge in [0, 0.05) is 37.9 Å². The van der Waals surface area contributed by atoms with Crippen LogP contribution < -0.4 is 5.32 Å². The summed E-state index contributed by atoms with van der Waals surface area (Å²) in [5, 5.41) is 23.1. The molecule has 0 radical (unpaired) electrons. The summed E-state index contributed by atoms with van der Waals surface area (Å²) in [6, 6.07) is 15.4. The Labute approximate surface area is 216 Å². The average Bonchev–Trinajstić information content (AvgIpc) is 3.46. The van der Waals surface area contributed by atoms with E-state index in [1.165, 1.54) is 5.56 Å². The lowest BCUT2D eigenvalue weighted by Gasteiger charge is -2.37. The summed E-state index contributed by atoms with van der Waals surface area (Å²) in [6.07, 6.45) is 4.50. The molecule has 1 aliphatic heterocycles. The molecule has 35 heavy (non-hydrogen) atoms. The van der Waals surface area contributed by atoms with Gasteiger partial charge in [-0.15, -0.1) is 0 Å². The molecule has 0 bridgehead atoms. The van der Waals surface area contributed by atoms with Gasteiger partial charge in [-0.3, -0.25) is 4.90 Å². The fourth-order valence-corrected chi connectivity index (χ4v) is 6.33. The van der Waals surface area contributed by atoms with Crippen molar-refractivity contribution in [2.45, 2.75) is 49.7 Å². The van der Waals surface area contributed by atoms with Crippen LogP contribution in [0.2, 0.25) is 10.0 Å². The molecule has 2 saturated carbocycles. The molecule has 3 fully saturated rings. The number of aliphatic hydroxyl groups excluding tert-OH is 1. The zero-order valence-electron chi connectivity index (χ0n) is 19.6. The number of carbonyl (C=O) groups excluding carboxylic acids is 1. The molecule has 0 aromatic heterocycles. The first kappa shape index (κ1) is 24.4. The van der Waals surface area contributed by atoms with E-state index in [9.17, 15) is 15.2 Å². The van der Waals surface area contributed by atoms with Gasteiger partial charge >= 0.3 is 6.03 Å². The molecule has 2 N–H and O–H groups in total. The van der Waals surface area contributed by atoms with Crippen molar-refractivity contribution in [3.63, 3.8) is 0 Å². The number of anilines is 1. The molecule has 2 aromatic rings. The number of rotatable bonds is 6. The molecule has 8 heteroatoms. The smallest absolute Gasteiger partial charge is 0.322 e. The Hall–Kier alpha value is -2.30. The summed E-state index contributed by atoms with van der Waals surface area (Å²) < 4.78 is 0. The first-order chi connectivity index (χ1) is 16.9. The number of β-amino-alcohol motifs (C(OH)–C–C–N with tert-alkyl or cyclic N) is 1. The number of nitrogens with one attached hydrogen (secondary N) is 1. The van der Waals surface area contributed by atoms with Crippen LogP contribution in [0, 0.1) is 17.2 Å². The van der Waals surface area contributed by atoms with E-state index in [0.29, 0.717) is 40.3 Å². The fraction of sp³-hybridized carbons (Fsp3) is 0.481. The van der Waals surface area contributed by atoms with Crippen molar-refractivity contribution < 1.29 is 9.90 Å². The zero-order chi connectivity index (χ0) is 24.6. The van der Waals surface area contributed by atoms with Gasteiger partial charge in [-0.1, -0.05) is 35.3 Å². The summed E-state index contributed by atoms with van der Waals surface area (Å²) in [6.45, 7) is 2.86. The van der Waals surface area contributed by atoms with E-state index in [0.717, 1.165) is 45.2 Å². The molecule has 5 rings (SSSR count). The third-order valence-electron chi connectivity index (χ3n) is 8.06. The van der Waals surface area contributed by atoms with Gasteiger partial charge in [-0.25, -0.2) is 4.79 Å². The Bertz CT molecular complexity index is 1150. The number of aliphatic hydroxyl groups is 1. The van der Waals surface area contributed by atoms with Gasteiger partial charge < -0.3 is 15.3 Å². The highest BCUT2D eigenvalue weighted by Gasteiger charge is 2.58. The standard InChI is InChI=1S/C27H30Cl2N4O2/c28-24-5-4-21(14-25(24)29)31-26(35)33(11-10-32-9-7-23(34)17-32)22-6-8-27(15-20(27)13-22)19-3-1-2-18(12-19)16-30/h1-5,12,14,20,22-23,34H,6-11,13,15,17H2,(H,31,35)/t20?,22-,23+,27-/m1/s1. The zero-order valence-corrected chi connectivity index (χ0v) is 21.1. The highest BCUT2D eigenvalue weighted by Crippen LogP contribution is 2.62. The molecule has 2 amide bonds. The van der Waals surface area contributed by atoms with Crippen LogP contribution in [0.1, 0.15) is 43.2 Å². The maximum Gasteiger partial charge on any atom is 0.322 e. The van der Waals surface area contributed by atoms with Crippen LogP contribution >= 0.6 is 23.2 Å². The summed E-state index contributed by atoms with van der Waals surface area (Å²) in [5.74, 6) is 0.518. The third-order valence-corrected chi connectivity index (χ3v) is 8.80. The van der Waals surface area contributed by atoms with Gasteiger partial charge in [0.25, 0.3) is 0 Å². The molecule has 6 nitrogen and oxygen atoms in total. The molecule has 1 unspecified atom stereocenters. The molecule has 4 atom stereocenters. The van der Waals surface area contributed by atoms with E-state index in [1.54, 1.807) is 18.2 Å². The molecule has 2 aromatic carbocycles. The van der Waals surface area contributed by atoms with E-state index < -0.39 is 0 Å². The Morgan fingerprint density at radius 3 is 2.80 bits per heavy atom. The number of carbonyl (C=O) groups is 1. The number of nitriles is 1. The highest BCUT2D eigenvalue weighted by molar-refractivity contribution is 6.42. The van der Waals surface area contributed by atoms with Gasteiger partial charge in [0.05, 0.1) is 27.8 Å². The van der Waals surface area contributed by atoms with Crippen LogP contribution in [0.5, 0.6) is 0 Å². The van der Waals surface area contributed by atoms with Crippen LogP contribution in [-0.4, -0.2) is 59.3 Å². The molecule has 0 spiro atoms. The van der Waals surface area contributed by atoms with Crippen LogP contribution in [0.4, 0.5) is 10.5 Å². The normalized spacial score (nSPS) is 27.7. The second kappa shape index (κ2) is 9.99. The predicted molar refractivity (Wildman–Crippen MR) is 138 cm³/mol. The van der Waals surface area contributed by atoms with Gasteiger partial charge in [-0.2, -0.15) is 5.26 Å². The van der Waals surface area contributed by atoms with Crippen molar-refractivity contribution in [2.24, 2.45) is 5.92 Å². The van der Waals surface area contributed by atoms with Gasteiger partial charge in [0.15, 0.2) is 0 Å². The minimum Gasteiger partial charge on any atom is -0.392 e. The largest absolute Gasteiger partial charge is 0.392 e. The molecular formula is C27H30Cl2N4O2. The van der Waals surface area contributed by atoms with Gasteiger partial charge in [0.1, 0.15) is 0 Å². The fourth-order valence-electron chi connectivity index (χ4n) is 6.03. The van der Waals surface area contributed by atoms with Gasteiger partial charge in [0.2, 0.25) is 0 Å². The molecule has 1 heterocycles. The molecule has 184 valence electrons. The maximum absolute atomic E-state index is 13.5. The number of fused-ring (bicyclic) bond motifs is 1. The minimum absolute atomic E-state index is 0.132. The maximum atomic E-state index is 13.5. The number of benzene rings is 2. The number of likely N-dealkylation sites (tertiary alicyclic amines) is 1. The molecule has 3 aliphatic rings. The summed E-state index contributed by atoms with van der Waals surface area (Å²) >= 11 is 12.2. The first-order valence-corrected chi connectivity index (χ1v) is 13.1. The lowest BCUT2D eigenvalue weighted by Crippen LogP contribution is -2.48. The second-order valence-corrected chi connectivity index (χ2v) is 11.0. The van der Waals surface area contributed by atoms with E-state index in [4.69, 9.17) is 23.2 Å². The SMILES string of the molecule is N#Cc1cccc([C@]23CC[C@@H](N(CCN4CC[C@H](O)C4)C(=O)Nc4ccc(Cl)c(Cl)c4)CC2C3)c1. The van der Waals surface area contributed by atoms with Gasteiger partial charge in [-0.05, 0) is 79.3 Å². The van der Waals surface area contributed by atoms with Crippen molar-refractivity contribution in [2.75, 3.05) is 31.5 Å². The Morgan fingerprint density at radius 2 is 2.09 bits per heavy atom. The van der Waals surface area contributed by atoms with Crippen LogP contribution in [0.25, 0.3) is 0 Å². The van der Waals surface area contributed by atoms with Crippen molar-refractivity contribution in [1.82, 2.24) is 9.80 Å². The number of nitrogens with zero attached hydrogens (tertiary/aromatic N) is 3.